The van der Waals surface area contributed by atoms with Crippen LogP contribution in [0.3, 0.4) is 0 Å². The number of halogens is 2. The van der Waals surface area contributed by atoms with Crippen molar-refractivity contribution in [3.63, 3.8) is 0 Å². The second-order valence-electron chi connectivity index (χ2n) is 6.60. The predicted molar refractivity (Wildman–Crippen MR) is 113 cm³/mol. The first-order valence-electron chi connectivity index (χ1n) is 8.53. The number of amides is 1. The summed E-state index contributed by atoms with van der Waals surface area (Å²) in [5, 5.41) is 2.06. The summed E-state index contributed by atoms with van der Waals surface area (Å²) in [7, 11) is 0. The molecule has 1 amide bonds. The Bertz CT molecular complexity index is 836. The Balaban J connectivity index is 1.64. The van der Waals surface area contributed by atoms with E-state index in [1.165, 1.54) is 0 Å². The van der Waals surface area contributed by atoms with E-state index in [-0.39, 0.29) is 5.91 Å². The van der Waals surface area contributed by atoms with Gasteiger partial charge in [0.25, 0.3) is 5.91 Å². The number of aliphatic imine (C=N–C) groups is 1. The van der Waals surface area contributed by atoms with Crippen molar-refractivity contribution in [2.24, 2.45) is 4.99 Å². The van der Waals surface area contributed by atoms with Crippen LogP contribution in [0.15, 0.2) is 53.5 Å². The van der Waals surface area contributed by atoms with Crippen LogP contribution in [0.1, 0.15) is 19.4 Å². The normalized spacial score (nSPS) is 14.2. The first-order chi connectivity index (χ1) is 12.8. The summed E-state index contributed by atoms with van der Waals surface area (Å²) in [6, 6.07) is 14.7. The summed E-state index contributed by atoms with van der Waals surface area (Å²) in [5.74, 6) is 1.21. The van der Waals surface area contributed by atoms with Gasteiger partial charge in [0.05, 0.1) is 6.54 Å². The van der Waals surface area contributed by atoms with E-state index in [2.05, 4.69) is 4.99 Å². The lowest BCUT2D eigenvalue weighted by Crippen LogP contribution is -2.49. The maximum atomic E-state index is 13.1. The molecule has 0 N–H and O–H groups in total. The Labute approximate surface area is 173 Å². The van der Waals surface area contributed by atoms with Crippen LogP contribution in [-0.2, 0) is 10.5 Å². The molecule has 1 aliphatic heterocycles. The summed E-state index contributed by atoms with van der Waals surface area (Å²) in [6.45, 7) is 4.70. The van der Waals surface area contributed by atoms with E-state index in [1.54, 1.807) is 54.8 Å². The maximum Gasteiger partial charge on any atom is 0.272 e. The molecule has 0 fully saturated rings. The van der Waals surface area contributed by atoms with Gasteiger partial charge in [-0.3, -0.25) is 14.7 Å². The number of hydrogen-bond acceptors (Lipinski definition) is 4. The molecule has 0 atom stereocenters. The van der Waals surface area contributed by atoms with Crippen molar-refractivity contribution in [1.82, 2.24) is 4.90 Å². The molecule has 7 heteroatoms. The van der Waals surface area contributed by atoms with Crippen molar-refractivity contribution in [2.75, 3.05) is 13.1 Å². The molecule has 0 aliphatic carbocycles. The molecule has 0 unspecified atom stereocenters. The number of rotatable bonds is 5. The average Bonchev–Trinajstić information content (AvgIpc) is 3.11. The van der Waals surface area contributed by atoms with Gasteiger partial charge in [-0.1, -0.05) is 47.1 Å². The molecule has 3 rings (SSSR count). The Hall–Kier alpha value is -1.69. The molecule has 1 aliphatic rings. The van der Waals surface area contributed by atoms with Crippen LogP contribution in [0.25, 0.3) is 0 Å². The van der Waals surface area contributed by atoms with Gasteiger partial charge in [-0.15, -0.1) is 0 Å². The minimum absolute atomic E-state index is 0.114. The largest absolute Gasteiger partial charge is 0.478 e. The van der Waals surface area contributed by atoms with Crippen molar-refractivity contribution in [1.29, 1.82) is 0 Å². The van der Waals surface area contributed by atoms with E-state index in [0.29, 0.717) is 28.9 Å². The van der Waals surface area contributed by atoms with E-state index in [4.69, 9.17) is 27.9 Å². The van der Waals surface area contributed by atoms with Gasteiger partial charge < -0.3 is 4.74 Å². The number of carbonyl (C=O) groups excluding carboxylic acids is 1. The number of carbonyl (C=O) groups is 1. The van der Waals surface area contributed by atoms with Gasteiger partial charge in [-0.25, -0.2) is 0 Å². The first kappa shape index (κ1) is 20.1. The topological polar surface area (TPSA) is 41.9 Å². The van der Waals surface area contributed by atoms with E-state index in [9.17, 15) is 4.79 Å². The average molecular weight is 423 g/mol. The Morgan fingerprint density at radius 1 is 1.11 bits per heavy atom. The number of benzene rings is 2. The molecule has 0 aromatic heterocycles. The van der Waals surface area contributed by atoms with Crippen LogP contribution in [0, 0.1) is 0 Å². The third-order valence-electron chi connectivity index (χ3n) is 4.03. The predicted octanol–water partition coefficient (Wildman–Crippen LogP) is 5.28. The lowest BCUT2D eigenvalue weighted by Gasteiger charge is -2.30. The summed E-state index contributed by atoms with van der Waals surface area (Å²) in [4.78, 5) is 19.3. The van der Waals surface area contributed by atoms with Crippen molar-refractivity contribution in [3.05, 3.63) is 64.1 Å². The van der Waals surface area contributed by atoms with Gasteiger partial charge in [0.2, 0.25) is 0 Å². The van der Waals surface area contributed by atoms with Gasteiger partial charge in [-0.2, -0.15) is 0 Å². The zero-order valence-corrected chi connectivity index (χ0v) is 17.4. The fraction of sp³-hybridized carbons (Fsp3) is 0.300. The first-order valence-corrected chi connectivity index (χ1v) is 10.3. The monoisotopic (exact) mass is 422 g/mol. The van der Waals surface area contributed by atoms with E-state index in [0.717, 1.165) is 16.5 Å². The van der Waals surface area contributed by atoms with Crippen LogP contribution in [0.5, 0.6) is 5.75 Å². The van der Waals surface area contributed by atoms with Crippen molar-refractivity contribution in [3.8, 4) is 5.75 Å². The molecule has 0 bridgehead atoms. The molecule has 4 nitrogen and oxygen atoms in total. The molecule has 1 heterocycles. The zero-order valence-electron chi connectivity index (χ0n) is 15.1. The van der Waals surface area contributed by atoms with E-state index in [1.807, 2.05) is 24.3 Å². The molecule has 0 saturated carbocycles. The van der Waals surface area contributed by atoms with Gasteiger partial charge in [0, 0.05) is 22.3 Å². The number of amidine groups is 1. The third-order valence-corrected chi connectivity index (χ3v) is 5.62. The molecule has 0 saturated heterocycles. The van der Waals surface area contributed by atoms with Gasteiger partial charge in [0.1, 0.15) is 5.75 Å². The van der Waals surface area contributed by atoms with Crippen LogP contribution in [-0.4, -0.2) is 34.7 Å². The number of nitrogens with zero attached hydrogens (tertiary/aromatic N) is 2. The van der Waals surface area contributed by atoms with Crippen LogP contribution in [0.4, 0.5) is 0 Å². The van der Waals surface area contributed by atoms with Gasteiger partial charge >= 0.3 is 0 Å². The zero-order chi connectivity index (χ0) is 19.4. The Kier molecular flexibility index (Phi) is 6.35. The number of thioether (sulfide) groups is 1. The Morgan fingerprint density at radius 2 is 1.70 bits per heavy atom. The molecular weight excluding hydrogens is 403 g/mol. The van der Waals surface area contributed by atoms with Crippen molar-refractivity contribution in [2.45, 2.75) is 25.2 Å². The second kappa shape index (κ2) is 8.55. The Morgan fingerprint density at radius 3 is 2.33 bits per heavy atom. The minimum Gasteiger partial charge on any atom is -0.478 e. The molecular formula is C20H20Cl2N2O2S. The molecule has 2 aromatic carbocycles. The minimum atomic E-state index is -1.01. The molecule has 142 valence electrons. The van der Waals surface area contributed by atoms with Crippen LogP contribution >= 0.6 is 35.0 Å². The molecule has 27 heavy (non-hydrogen) atoms. The van der Waals surface area contributed by atoms with E-state index >= 15 is 0 Å². The molecule has 0 radical (unpaired) electrons. The highest BCUT2D eigenvalue weighted by Gasteiger charge is 2.37. The smallest absolute Gasteiger partial charge is 0.272 e. The van der Waals surface area contributed by atoms with Crippen LogP contribution < -0.4 is 4.74 Å². The molecule has 0 spiro atoms. The quantitative estimate of drug-likeness (QED) is 0.657. The lowest BCUT2D eigenvalue weighted by atomic mass is 10.1. The summed E-state index contributed by atoms with van der Waals surface area (Å²) < 4.78 is 5.93. The highest BCUT2D eigenvalue weighted by atomic mass is 35.5. The summed E-state index contributed by atoms with van der Waals surface area (Å²) in [6.07, 6.45) is 0. The maximum absolute atomic E-state index is 13.1. The second-order valence-corrected chi connectivity index (χ2v) is 8.42. The fourth-order valence-corrected chi connectivity index (χ4v) is 3.89. The highest BCUT2D eigenvalue weighted by Crippen LogP contribution is 2.26. The summed E-state index contributed by atoms with van der Waals surface area (Å²) >= 11 is 13.4. The lowest BCUT2D eigenvalue weighted by molar-refractivity contribution is -0.140. The van der Waals surface area contributed by atoms with Crippen molar-refractivity contribution >= 4 is 46.0 Å². The van der Waals surface area contributed by atoms with Crippen molar-refractivity contribution < 1.29 is 9.53 Å². The number of hydrogen-bond donors (Lipinski definition) is 0. The standard InChI is InChI=1S/C20H20Cl2N2O2S/c1-20(2,26-17-9-7-16(22)8-10-17)18(25)24-12-11-23-19(24)27-13-14-3-5-15(21)6-4-14/h3-10H,11-13H2,1-2H3. The highest BCUT2D eigenvalue weighted by molar-refractivity contribution is 8.13. The summed E-state index contributed by atoms with van der Waals surface area (Å²) in [5.41, 5.74) is 0.114. The third kappa shape index (κ3) is 5.18. The fourth-order valence-electron chi connectivity index (χ4n) is 2.63. The van der Waals surface area contributed by atoms with Gasteiger partial charge in [-0.05, 0) is 55.8 Å². The SMILES string of the molecule is CC(C)(Oc1ccc(Cl)cc1)C(=O)N1CCN=C1SCc1ccc(Cl)cc1. The molecule has 2 aromatic rings. The van der Waals surface area contributed by atoms with E-state index < -0.39 is 5.60 Å². The number of ether oxygens (including phenoxy) is 1. The van der Waals surface area contributed by atoms with Crippen LogP contribution in [0.2, 0.25) is 10.0 Å². The van der Waals surface area contributed by atoms with Gasteiger partial charge in [0.15, 0.2) is 10.8 Å².